The molecule has 1 heterocycles. The molecule has 0 spiro atoms. The van der Waals surface area contributed by atoms with E-state index in [9.17, 15) is 14.7 Å². The lowest BCUT2D eigenvalue weighted by atomic mass is 10.1. The molecule has 1 aromatic heterocycles. The predicted molar refractivity (Wildman–Crippen MR) is 65.7 cm³/mol. The minimum absolute atomic E-state index is 0.281. The predicted octanol–water partition coefficient (Wildman–Crippen LogP) is 1.25. The van der Waals surface area contributed by atoms with Crippen LogP contribution in [-0.2, 0) is 9.53 Å². The second kappa shape index (κ2) is 4.25. The van der Waals surface area contributed by atoms with Gasteiger partial charge in [-0.25, -0.2) is 9.59 Å². The first-order valence-electron chi connectivity index (χ1n) is 5.98. The molecule has 2 atom stereocenters. The third-order valence-corrected chi connectivity index (χ3v) is 2.99. The second-order valence-electron chi connectivity index (χ2n) is 5.69. The van der Waals surface area contributed by atoms with Crippen LogP contribution < -0.4 is 5.32 Å². The van der Waals surface area contributed by atoms with E-state index in [2.05, 4.69) is 15.5 Å². The van der Waals surface area contributed by atoms with E-state index in [1.54, 1.807) is 33.2 Å². The van der Waals surface area contributed by atoms with Gasteiger partial charge in [-0.1, -0.05) is 0 Å². The number of aliphatic carboxylic acids is 1. The van der Waals surface area contributed by atoms with Gasteiger partial charge < -0.3 is 15.2 Å². The number of amides is 1. The molecule has 3 N–H and O–H groups in total. The zero-order valence-electron chi connectivity index (χ0n) is 11.1. The summed E-state index contributed by atoms with van der Waals surface area (Å²) in [5.74, 6) is -1.35. The normalized spacial score (nSPS) is 25.7. The molecule has 0 saturated heterocycles. The van der Waals surface area contributed by atoms with Gasteiger partial charge in [-0.15, -0.1) is 0 Å². The molecule has 1 aromatic rings. The third kappa shape index (κ3) is 2.69. The molecule has 0 aliphatic heterocycles. The molecular weight excluding hydrogens is 250 g/mol. The zero-order chi connectivity index (χ0) is 14.3. The van der Waals surface area contributed by atoms with Gasteiger partial charge in [-0.05, 0) is 32.8 Å². The number of alkyl carbamates (subject to hydrolysis) is 1. The van der Waals surface area contributed by atoms with Gasteiger partial charge in [0.15, 0.2) is 0 Å². The average molecular weight is 267 g/mol. The van der Waals surface area contributed by atoms with Crippen LogP contribution in [0.5, 0.6) is 0 Å². The Morgan fingerprint density at radius 3 is 2.74 bits per heavy atom. The van der Waals surface area contributed by atoms with E-state index < -0.39 is 23.2 Å². The van der Waals surface area contributed by atoms with Gasteiger partial charge in [0.05, 0.1) is 6.20 Å². The first kappa shape index (κ1) is 13.4. The van der Waals surface area contributed by atoms with Crippen molar-refractivity contribution in [1.29, 1.82) is 0 Å². The number of carbonyl (C=O) groups is 2. The van der Waals surface area contributed by atoms with Gasteiger partial charge in [-0.3, -0.25) is 5.10 Å². The molecule has 0 bridgehead atoms. The molecular formula is C12H17N3O4. The highest BCUT2D eigenvalue weighted by molar-refractivity contribution is 5.89. The number of ether oxygens (including phenoxy) is 1. The summed E-state index contributed by atoms with van der Waals surface area (Å²) in [6.07, 6.45) is 2.81. The molecule has 0 aromatic carbocycles. The summed E-state index contributed by atoms with van der Waals surface area (Å²) in [5.41, 5.74) is -1.19. The van der Waals surface area contributed by atoms with E-state index in [4.69, 9.17) is 4.74 Å². The summed E-state index contributed by atoms with van der Waals surface area (Å²) in [5, 5.41) is 18.2. The molecule has 1 fully saturated rings. The highest BCUT2D eigenvalue weighted by Crippen LogP contribution is 2.51. The monoisotopic (exact) mass is 267 g/mol. The van der Waals surface area contributed by atoms with Crippen molar-refractivity contribution in [2.45, 2.75) is 44.2 Å². The summed E-state index contributed by atoms with van der Waals surface area (Å²) >= 11 is 0. The number of nitrogens with one attached hydrogen (secondary N) is 2. The lowest BCUT2D eigenvalue weighted by molar-refractivity contribution is -0.140. The number of hydrogen-bond acceptors (Lipinski definition) is 4. The molecule has 0 unspecified atom stereocenters. The van der Waals surface area contributed by atoms with Crippen molar-refractivity contribution in [2.24, 2.45) is 0 Å². The highest BCUT2D eigenvalue weighted by Gasteiger charge is 2.63. The second-order valence-corrected chi connectivity index (χ2v) is 5.69. The van der Waals surface area contributed by atoms with Crippen LogP contribution in [0.25, 0.3) is 0 Å². The fraction of sp³-hybridized carbons (Fsp3) is 0.583. The maximum absolute atomic E-state index is 11.7. The van der Waals surface area contributed by atoms with Crippen LogP contribution in [0, 0.1) is 0 Å². The molecule has 104 valence electrons. The number of carbonyl (C=O) groups excluding carboxylic acids is 1. The number of carboxylic acid groups (broad SMARTS) is 1. The molecule has 2 rings (SSSR count). The number of hydrogen-bond donors (Lipinski definition) is 3. The van der Waals surface area contributed by atoms with E-state index in [1.807, 2.05) is 0 Å². The van der Waals surface area contributed by atoms with E-state index in [1.165, 1.54) is 0 Å². The number of rotatable bonds is 3. The number of carboxylic acids is 1. The quantitative estimate of drug-likeness (QED) is 0.764. The van der Waals surface area contributed by atoms with Crippen molar-refractivity contribution in [1.82, 2.24) is 15.5 Å². The van der Waals surface area contributed by atoms with Gasteiger partial charge in [0.25, 0.3) is 0 Å². The lowest BCUT2D eigenvalue weighted by Gasteiger charge is -2.22. The van der Waals surface area contributed by atoms with Crippen molar-refractivity contribution in [3.63, 3.8) is 0 Å². The molecule has 1 aliphatic rings. The first-order valence-corrected chi connectivity index (χ1v) is 5.98. The molecule has 7 nitrogen and oxygen atoms in total. The Bertz CT molecular complexity index is 492. The maximum atomic E-state index is 11.7. The fourth-order valence-electron chi connectivity index (χ4n) is 2.03. The highest BCUT2D eigenvalue weighted by atomic mass is 16.6. The van der Waals surface area contributed by atoms with Gasteiger partial charge in [0.2, 0.25) is 0 Å². The molecule has 1 amide bonds. The first-order chi connectivity index (χ1) is 8.74. The number of aromatic amines is 1. The third-order valence-electron chi connectivity index (χ3n) is 2.99. The average Bonchev–Trinajstić information content (AvgIpc) is 2.72. The van der Waals surface area contributed by atoms with Crippen LogP contribution in [0.2, 0.25) is 0 Å². The summed E-state index contributed by atoms with van der Waals surface area (Å²) in [7, 11) is 0. The Labute approximate surface area is 110 Å². The van der Waals surface area contributed by atoms with E-state index in [0.717, 1.165) is 5.56 Å². The Kier molecular flexibility index (Phi) is 3.00. The minimum Gasteiger partial charge on any atom is -0.479 e. The molecule has 0 radical (unpaired) electrons. The van der Waals surface area contributed by atoms with Crippen LogP contribution in [0.4, 0.5) is 4.79 Å². The molecule has 7 heteroatoms. The molecule has 19 heavy (non-hydrogen) atoms. The van der Waals surface area contributed by atoms with E-state index in [-0.39, 0.29) is 5.92 Å². The largest absolute Gasteiger partial charge is 0.479 e. The van der Waals surface area contributed by atoms with Gasteiger partial charge in [0, 0.05) is 12.1 Å². The van der Waals surface area contributed by atoms with Crippen LogP contribution in [0.15, 0.2) is 12.4 Å². The van der Waals surface area contributed by atoms with Crippen LogP contribution in [-0.4, -0.2) is 38.5 Å². The Hall–Kier alpha value is -2.05. The Morgan fingerprint density at radius 1 is 1.58 bits per heavy atom. The van der Waals surface area contributed by atoms with Crippen molar-refractivity contribution in [3.05, 3.63) is 18.0 Å². The minimum atomic E-state index is -1.29. The van der Waals surface area contributed by atoms with E-state index in [0.29, 0.717) is 6.42 Å². The standard InChI is InChI=1S/C12H17N3O4/c1-11(2,3)19-10(18)15-12(9(16)17)4-8(12)7-5-13-14-6-7/h5-6,8H,4H2,1-3H3,(H,13,14)(H,15,18)(H,16,17)/t8-,12-/m1/s1. The van der Waals surface area contributed by atoms with Crippen LogP contribution in [0.3, 0.4) is 0 Å². The summed E-state index contributed by atoms with van der Waals surface area (Å²) in [4.78, 5) is 23.1. The van der Waals surface area contributed by atoms with Gasteiger partial charge in [0.1, 0.15) is 11.1 Å². The van der Waals surface area contributed by atoms with Gasteiger partial charge >= 0.3 is 12.1 Å². The summed E-state index contributed by atoms with van der Waals surface area (Å²) < 4.78 is 5.09. The van der Waals surface area contributed by atoms with Gasteiger partial charge in [-0.2, -0.15) is 5.10 Å². The topological polar surface area (TPSA) is 104 Å². The van der Waals surface area contributed by atoms with Crippen LogP contribution in [0.1, 0.15) is 38.7 Å². The number of nitrogens with zero attached hydrogens (tertiary/aromatic N) is 1. The van der Waals surface area contributed by atoms with Crippen molar-refractivity contribution < 1.29 is 19.4 Å². The molecule has 1 aliphatic carbocycles. The van der Waals surface area contributed by atoms with Crippen molar-refractivity contribution in [3.8, 4) is 0 Å². The lowest BCUT2D eigenvalue weighted by Crippen LogP contribution is -2.46. The molecule has 1 saturated carbocycles. The van der Waals surface area contributed by atoms with Crippen molar-refractivity contribution in [2.75, 3.05) is 0 Å². The smallest absolute Gasteiger partial charge is 0.408 e. The zero-order valence-corrected chi connectivity index (χ0v) is 11.1. The summed E-state index contributed by atoms with van der Waals surface area (Å²) in [6, 6.07) is 0. The Balaban J connectivity index is 2.08. The number of H-pyrrole nitrogens is 1. The SMILES string of the molecule is CC(C)(C)OC(=O)N[C@]1(C(=O)O)C[C@@H]1c1cn[nH]c1. The van der Waals surface area contributed by atoms with Crippen molar-refractivity contribution >= 4 is 12.1 Å². The van der Waals surface area contributed by atoms with Crippen LogP contribution >= 0.6 is 0 Å². The number of aromatic nitrogens is 2. The van der Waals surface area contributed by atoms with E-state index >= 15 is 0 Å². The fourth-order valence-corrected chi connectivity index (χ4v) is 2.03. The maximum Gasteiger partial charge on any atom is 0.408 e. The summed E-state index contributed by atoms with van der Waals surface area (Å²) in [6.45, 7) is 5.17. The Morgan fingerprint density at radius 2 is 2.26 bits per heavy atom.